The molecule has 1 rings (SSSR count). The Morgan fingerprint density at radius 2 is 2.00 bits per heavy atom. The molecule has 1 atom stereocenters. The fourth-order valence-electron chi connectivity index (χ4n) is 1.60. The minimum atomic E-state index is -3.18. The van der Waals surface area contributed by atoms with E-state index in [2.05, 4.69) is 11.3 Å². The van der Waals surface area contributed by atoms with Gasteiger partial charge in [-0.2, -0.15) is 0 Å². The molecule has 0 radical (unpaired) electrons. The first kappa shape index (κ1) is 13.9. The van der Waals surface area contributed by atoms with Crippen LogP contribution >= 0.6 is 0 Å². The van der Waals surface area contributed by atoms with Crippen molar-refractivity contribution in [2.24, 2.45) is 0 Å². The zero-order valence-corrected chi connectivity index (χ0v) is 10.9. The second-order valence-corrected chi connectivity index (χ2v) is 5.84. The van der Waals surface area contributed by atoms with Crippen LogP contribution in [0, 0.1) is 0 Å². The summed E-state index contributed by atoms with van der Waals surface area (Å²) in [6, 6.07) is 9.53. The summed E-state index contributed by atoms with van der Waals surface area (Å²) in [6.45, 7) is 5.52. The van der Waals surface area contributed by atoms with Crippen molar-refractivity contribution in [3.8, 4) is 0 Å². The lowest BCUT2D eigenvalue weighted by Crippen LogP contribution is -2.36. The molecule has 3 nitrogen and oxygen atoms in total. The quantitative estimate of drug-likeness (QED) is 0.757. The van der Waals surface area contributed by atoms with E-state index in [0.717, 1.165) is 5.56 Å². The average molecular weight is 253 g/mol. The third kappa shape index (κ3) is 5.15. The zero-order valence-electron chi connectivity index (χ0n) is 10.1. The van der Waals surface area contributed by atoms with Gasteiger partial charge in [0.15, 0.2) is 0 Å². The van der Waals surface area contributed by atoms with Gasteiger partial charge in [0.1, 0.15) is 0 Å². The van der Waals surface area contributed by atoms with Crippen molar-refractivity contribution < 1.29 is 8.42 Å². The fourth-order valence-corrected chi connectivity index (χ4v) is 2.90. The Morgan fingerprint density at radius 1 is 1.35 bits per heavy atom. The SMILES string of the molecule is C=C[C@H](Cc1ccccc1)NS(=O)(=O)CCC. The van der Waals surface area contributed by atoms with E-state index in [4.69, 9.17) is 0 Å². The monoisotopic (exact) mass is 253 g/mol. The first-order valence-corrected chi connectivity index (χ1v) is 7.39. The maximum absolute atomic E-state index is 11.6. The Hall–Kier alpha value is -1.13. The van der Waals surface area contributed by atoms with Crippen molar-refractivity contribution in [2.45, 2.75) is 25.8 Å². The summed E-state index contributed by atoms with van der Waals surface area (Å²) in [5.74, 6) is 0.159. The van der Waals surface area contributed by atoms with E-state index in [1.54, 1.807) is 6.08 Å². The largest absolute Gasteiger partial charge is 0.212 e. The second kappa shape index (κ2) is 6.57. The molecule has 0 aliphatic heterocycles. The highest BCUT2D eigenvalue weighted by molar-refractivity contribution is 7.89. The van der Waals surface area contributed by atoms with Gasteiger partial charge in [-0.3, -0.25) is 0 Å². The first-order chi connectivity index (χ1) is 8.07. The van der Waals surface area contributed by atoms with Crippen molar-refractivity contribution in [2.75, 3.05) is 5.75 Å². The van der Waals surface area contributed by atoms with Crippen LogP contribution in [0.4, 0.5) is 0 Å². The standard InChI is InChI=1S/C13H19NO2S/c1-3-10-17(15,16)14-13(4-2)11-12-8-6-5-7-9-12/h4-9,13-14H,2-3,10-11H2,1H3/t13-/m1/s1. The Bertz CT molecular complexity index is 440. The van der Waals surface area contributed by atoms with Gasteiger partial charge in [-0.1, -0.05) is 43.3 Å². The molecule has 0 heterocycles. The molecule has 0 aliphatic rings. The average Bonchev–Trinajstić information content (AvgIpc) is 2.29. The number of hydrogen-bond acceptors (Lipinski definition) is 2. The molecular weight excluding hydrogens is 234 g/mol. The predicted molar refractivity (Wildman–Crippen MR) is 71.3 cm³/mol. The van der Waals surface area contributed by atoms with Gasteiger partial charge in [0.25, 0.3) is 0 Å². The third-order valence-corrected chi connectivity index (χ3v) is 3.99. The summed E-state index contributed by atoms with van der Waals surface area (Å²) in [4.78, 5) is 0. The topological polar surface area (TPSA) is 46.2 Å². The Labute approximate surface area is 104 Å². The van der Waals surface area contributed by atoms with Crippen molar-refractivity contribution in [3.63, 3.8) is 0 Å². The van der Waals surface area contributed by atoms with E-state index in [0.29, 0.717) is 12.8 Å². The van der Waals surface area contributed by atoms with Gasteiger partial charge in [-0.05, 0) is 18.4 Å². The van der Waals surface area contributed by atoms with Crippen LogP contribution in [-0.4, -0.2) is 20.2 Å². The summed E-state index contributed by atoms with van der Waals surface area (Å²) in [6.07, 6.45) is 2.89. The van der Waals surface area contributed by atoms with Gasteiger partial charge in [-0.25, -0.2) is 13.1 Å². The van der Waals surface area contributed by atoms with Crippen molar-refractivity contribution in [1.29, 1.82) is 0 Å². The minimum absolute atomic E-state index is 0.159. The molecule has 0 amide bonds. The van der Waals surface area contributed by atoms with Crippen LogP contribution in [0.15, 0.2) is 43.0 Å². The highest BCUT2D eigenvalue weighted by Gasteiger charge is 2.14. The summed E-state index contributed by atoms with van der Waals surface area (Å²) in [5, 5.41) is 0. The molecule has 1 aromatic rings. The lowest BCUT2D eigenvalue weighted by Gasteiger charge is -2.14. The van der Waals surface area contributed by atoms with Gasteiger partial charge in [0.05, 0.1) is 5.75 Å². The first-order valence-electron chi connectivity index (χ1n) is 5.74. The molecule has 1 N–H and O–H groups in total. The van der Waals surface area contributed by atoms with Crippen LogP contribution in [0.1, 0.15) is 18.9 Å². The number of hydrogen-bond donors (Lipinski definition) is 1. The summed E-state index contributed by atoms with van der Waals surface area (Å²) >= 11 is 0. The molecule has 0 spiro atoms. The molecule has 4 heteroatoms. The van der Waals surface area contributed by atoms with Crippen LogP contribution in [0.2, 0.25) is 0 Å². The molecule has 0 aliphatic carbocycles. The van der Waals surface area contributed by atoms with E-state index < -0.39 is 10.0 Å². The number of nitrogens with one attached hydrogen (secondary N) is 1. The second-order valence-electron chi connectivity index (χ2n) is 3.97. The maximum Gasteiger partial charge on any atom is 0.212 e. The molecule has 1 aromatic carbocycles. The molecular formula is C13H19NO2S. The van der Waals surface area contributed by atoms with Crippen molar-refractivity contribution in [1.82, 2.24) is 4.72 Å². The summed E-state index contributed by atoms with van der Waals surface area (Å²) in [7, 11) is -3.18. The predicted octanol–water partition coefficient (Wildman–Crippen LogP) is 2.11. The summed E-state index contributed by atoms with van der Waals surface area (Å²) in [5.41, 5.74) is 1.09. The molecule has 17 heavy (non-hydrogen) atoms. The van der Waals surface area contributed by atoms with Crippen LogP contribution in [0.3, 0.4) is 0 Å². The van der Waals surface area contributed by atoms with Gasteiger partial charge in [0.2, 0.25) is 10.0 Å². The number of sulfonamides is 1. The fraction of sp³-hybridized carbons (Fsp3) is 0.385. The van der Waals surface area contributed by atoms with E-state index >= 15 is 0 Å². The zero-order chi connectivity index (χ0) is 12.7. The smallest absolute Gasteiger partial charge is 0.212 e. The molecule has 0 bridgehead atoms. The van der Waals surface area contributed by atoms with E-state index in [9.17, 15) is 8.42 Å². The molecule has 0 aromatic heterocycles. The van der Waals surface area contributed by atoms with Crippen LogP contribution in [0.25, 0.3) is 0 Å². The summed E-state index contributed by atoms with van der Waals surface area (Å²) < 4.78 is 25.9. The Kier molecular flexibility index (Phi) is 5.38. The van der Waals surface area contributed by atoms with Crippen LogP contribution in [0.5, 0.6) is 0 Å². The highest BCUT2D eigenvalue weighted by atomic mass is 32.2. The molecule has 0 unspecified atom stereocenters. The molecule has 0 saturated heterocycles. The Morgan fingerprint density at radius 3 is 2.53 bits per heavy atom. The van der Waals surface area contributed by atoms with Crippen molar-refractivity contribution >= 4 is 10.0 Å². The third-order valence-electron chi connectivity index (χ3n) is 2.39. The van der Waals surface area contributed by atoms with Gasteiger partial charge < -0.3 is 0 Å². The van der Waals surface area contributed by atoms with Gasteiger partial charge in [-0.15, -0.1) is 6.58 Å². The lowest BCUT2D eigenvalue weighted by atomic mass is 10.1. The molecule has 0 fully saturated rings. The van der Waals surface area contributed by atoms with E-state index in [1.165, 1.54) is 0 Å². The van der Waals surface area contributed by atoms with E-state index in [1.807, 2.05) is 37.3 Å². The number of benzene rings is 1. The highest BCUT2D eigenvalue weighted by Crippen LogP contribution is 2.05. The van der Waals surface area contributed by atoms with Crippen LogP contribution < -0.4 is 4.72 Å². The minimum Gasteiger partial charge on any atom is -0.212 e. The van der Waals surface area contributed by atoms with Crippen molar-refractivity contribution in [3.05, 3.63) is 48.6 Å². The van der Waals surface area contributed by atoms with Gasteiger partial charge in [0, 0.05) is 6.04 Å². The van der Waals surface area contributed by atoms with Crippen LogP contribution in [-0.2, 0) is 16.4 Å². The maximum atomic E-state index is 11.6. The lowest BCUT2D eigenvalue weighted by molar-refractivity contribution is 0.569. The number of rotatable bonds is 7. The molecule has 0 saturated carbocycles. The molecule has 94 valence electrons. The van der Waals surface area contributed by atoms with Gasteiger partial charge >= 0.3 is 0 Å². The Balaban J connectivity index is 2.64. The normalized spacial score (nSPS) is 13.2. The van der Waals surface area contributed by atoms with E-state index in [-0.39, 0.29) is 11.8 Å².